The first-order valence-electron chi connectivity index (χ1n) is 4.32. The van der Waals surface area contributed by atoms with Crippen LogP contribution in [0.4, 0.5) is 0 Å². The summed E-state index contributed by atoms with van der Waals surface area (Å²) in [6, 6.07) is 1.99. The highest BCUT2D eigenvalue weighted by atomic mass is 79.9. The van der Waals surface area contributed by atoms with E-state index < -0.39 is 0 Å². The summed E-state index contributed by atoms with van der Waals surface area (Å²) >= 11 is 9.11. The summed E-state index contributed by atoms with van der Waals surface area (Å²) in [5, 5.41) is 7.76. The molecule has 15 heavy (non-hydrogen) atoms. The van der Waals surface area contributed by atoms with Crippen molar-refractivity contribution in [3.63, 3.8) is 0 Å². The van der Waals surface area contributed by atoms with Crippen LogP contribution in [0.2, 0.25) is 0 Å². The molecule has 2 rings (SSSR count). The summed E-state index contributed by atoms with van der Waals surface area (Å²) in [5.74, 6) is 0.411. The lowest BCUT2D eigenvalue weighted by molar-refractivity contribution is 0.629. The standard InChI is InChI=1S/C9H8BrClN4/c10-8-1-7(3-12-4-8)6-15-9(2-11)5-13-14-15/h1,3-5H,2,6H2. The number of halogens is 2. The minimum absolute atomic E-state index is 0.411. The van der Waals surface area contributed by atoms with Crippen LogP contribution < -0.4 is 0 Å². The number of pyridine rings is 1. The van der Waals surface area contributed by atoms with Gasteiger partial charge < -0.3 is 0 Å². The Bertz CT molecular complexity index is 457. The van der Waals surface area contributed by atoms with Gasteiger partial charge in [-0.25, -0.2) is 4.68 Å². The predicted octanol–water partition coefficient (Wildman–Crippen LogP) is 2.22. The minimum atomic E-state index is 0.411. The zero-order chi connectivity index (χ0) is 10.7. The normalized spacial score (nSPS) is 10.5. The first-order chi connectivity index (χ1) is 7.29. The molecule has 0 N–H and O–H groups in total. The van der Waals surface area contributed by atoms with Crippen LogP contribution >= 0.6 is 27.5 Å². The summed E-state index contributed by atoms with van der Waals surface area (Å²) in [6.07, 6.45) is 5.20. The molecular weight excluding hydrogens is 279 g/mol. The van der Waals surface area contributed by atoms with Crippen LogP contribution in [0.15, 0.2) is 29.1 Å². The molecule has 2 aromatic heterocycles. The Morgan fingerprint density at radius 1 is 1.33 bits per heavy atom. The van der Waals surface area contributed by atoms with Crippen molar-refractivity contribution < 1.29 is 0 Å². The summed E-state index contributed by atoms with van der Waals surface area (Å²) in [5.41, 5.74) is 1.96. The first kappa shape index (κ1) is 10.6. The summed E-state index contributed by atoms with van der Waals surface area (Å²) in [7, 11) is 0. The van der Waals surface area contributed by atoms with Gasteiger partial charge in [0.2, 0.25) is 0 Å². The van der Waals surface area contributed by atoms with Gasteiger partial charge in [-0.15, -0.1) is 16.7 Å². The van der Waals surface area contributed by atoms with E-state index in [0.717, 1.165) is 15.7 Å². The van der Waals surface area contributed by atoms with Crippen LogP contribution in [0, 0.1) is 0 Å². The molecule has 78 valence electrons. The molecule has 0 radical (unpaired) electrons. The van der Waals surface area contributed by atoms with Crippen LogP contribution in [0.25, 0.3) is 0 Å². The number of nitrogens with zero attached hydrogens (tertiary/aromatic N) is 4. The highest BCUT2D eigenvalue weighted by molar-refractivity contribution is 9.10. The topological polar surface area (TPSA) is 43.6 Å². The maximum absolute atomic E-state index is 5.75. The second kappa shape index (κ2) is 4.72. The molecule has 0 aliphatic rings. The molecule has 0 fully saturated rings. The average Bonchev–Trinajstić information content (AvgIpc) is 2.65. The predicted molar refractivity (Wildman–Crippen MR) is 60.6 cm³/mol. The zero-order valence-electron chi connectivity index (χ0n) is 7.77. The summed E-state index contributed by atoms with van der Waals surface area (Å²) in [4.78, 5) is 4.08. The highest BCUT2D eigenvalue weighted by Crippen LogP contribution is 2.11. The van der Waals surface area contributed by atoms with Crippen LogP contribution in [0.1, 0.15) is 11.3 Å². The van der Waals surface area contributed by atoms with Crippen LogP contribution in [0.5, 0.6) is 0 Å². The molecule has 0 aliphatic heterocycles. The molecule has 2 heterocycles. The van der Waals surface area contributed by atoms with Gasteiger partial charge in [0.05, 0.1) is 24.3 Å². The zero-order valence-corrected chi connectivity index (χ0v) is 10.1. The molecule has 0 atom stereocenters. The largest absolute Gasteiger partial charge is 0.263 e. The van der Waals surface area contributed by atoms with Crippen LogP contribution in [-0.4, -0.2) is 20.0 Å². The Labute approximate surface area is 100 Å². The molecule has 0 spiro atoms. The SMILES string of the molecule is ClCc1cnnn1Cc1cncc(Br)c1. The number of hydrogen-bond donors (Lipinski definition) is 0. The van der Waals surface area contributed by atoms with E-state index in [-0.39, 0.29) is 0 Å². The molecule has 6 heteroatoms. The van der Waals surface area contributed by atoms with Crippen LogP contribution in [-0.2, 0) is 12.4 Å². The van der Waals surface area contributed by atoms with Crippen molar-refractivity contribution in [2.24, 2.45) is 0 Å². The fourth-order valence-corrected chi connectivity index (χ4v) is 1.85. The Morgan fingerprint density at radius 2 is 2.20 bits per heavy atom. The average molecular weight is 288 g/mol. The van der Waals surface area contributed by atoms with Gasteiger partial charge in [0.1, 0.15) is 0 Å². The van der Waals surface area contributed by atoms with E-state index >= 15 is 0 Å². The van der Waals surface area contributed by atoms with E-state index in [1.807, 2.05) is 6.07 Å². The van der Waals surface area contributed by atoms with E-state index in [9.17, 15) is 0 Å². The van der Waals surface area contributed by atoms with Gasteiger partial charge in [0.25, 0.3) is 0 Å². The molecule has 0 aromatic carbocycles. The van der Waals surface area contributed by atoms with Gasteiger partial charge in [0, 0.05) is 16.9 Å². The van der Waals surface area contributed by atoms with Crippen molar-refractivity contribution in [1.29, 1.82) is 0 Å². The quantitative estimate of drug-likeness (QED) is 0.813. The summed E-state index contributed by atoms with van der Waals surface area (Å²) in [6.45, 7) is 0.633. The molecule has 0 saturated carbocycles. The first-order valence-corrected chi connectivity index (χ1v) is 5.65. The smallest absolute Gasteiger partial charge is 0.0738 e. The van der Waals surface area contributed by atoms with Gasteiger partial charge in [0.15, 0.2) is 0 Å². The molecule has 2 aromatic rings. The lowest BCUT2D eigenvalue weighted by Crippen LogP contribution is -2.05. The van der Waals surface area contributed by atoms with Gasteiger partial charge >= 0.3 is 0 Å². The summed E-state index contributed by atoms with van der Waals surface area (Å²) < 4.78 is 2.71. The third-order valence-corrected chi connectivity index (χ3v) is 2.64. The maximum Gasteiger partial charge on any atom is 0.0738 e. The van der Waals surface area contributed by atoms with Crippen LogP contribution in [0.3, 0.4) is 0 Å². The van der Waals surface area contributed by atoms with E-state index in [1.54, 1.807) is 23.3 Å². The molecule has 0 saturated heterocycles. The number of hydrogen-bond acceptors (Lipinski definition) is 3. The van der Waals surface area contributed by atoms with Crippen molar-refractivity contribution in [3.05, 3.63) is 40.4 Å². The van der Waals surface area contributed by atoms with Crippen molar-refractivity contribution in [2.45, 2.75) is 12.4 Å². The Morgan fingerprint density at radius 3 is 2.93 bits per heavy atom. The minimum Gasteiger partial charge on any atom is -0.263 e. The van der Waals surface area contributed by atoms with E-state index in [1.165, 1.54) is 0 Å². The van der Waals surface area contributed by atoms with Gasteiger partial charge in [-0.3, -0.25) is 4.98 Å². The van der Waals surface area contributed by atoms with E-state index in [4.69, 9.17) is 11.6 Å². The second-order valence-corrected chi connectivity index (χ2v) is 4.21. The van der Waals surface area contributed by atoms with Crippen molar-refractivity contribution >= 4 is 27.5 Å². The monoisotopic (exact) mass is 286 g/mol. The molecular formula is C9H8BrClN4. The Kier molecular flexibility index (Phi) is 3.33. The van der Waals surface area contributed by atoms with E-state index in [0.29, 0.717) is 12.4 Å². The Hall–Kier alpha value is -0.940. The van der Waals surface area contributed by atoms with Gasteiger partial charge in [-0.2, -0.15) is 0 Å². The molecule has 0 unspecified atom stereocenters. The third kappa shape index (κ3) is 2.54. The third-order valence-electron chi connectivity index (χ3n) is 1.93. The van der Waals surface area contributed by atoms with Gasteiger partial charge in [-0.1, -0.05) is 5.21 Å². The number of alkyl halides is 1. The fraction of sp³-hybridized carbons (Fsp3) is 0.222. The fourth-order valence-electron chi connectivity index (χ4n) is 1.23. The number of rotatable bonds is 3. The molecule has 0 amide bonds. The lowest BCUT2D eigenvalue weighted by Gasteiger charge is -2.03. The maximum atomic E-state index is 5.75. The van der Waals surface area contributed by atoms with Gasteiger partial charge in [-0.05, 0) is 27.6 Å². The highest BCUT2D eigenvalue weighted by Gasteiger charge is 2.03. The number of aromatic nitrogens is 4. The Balaban J connectivity index is 2.22. The van der Waals surface area contributed by atoms with Crippen molar-refractivity contribution in [1.82, 2.24) is 20.0 Å². The van der Waals surface area contributed by atoms with E-state index in [2.05, 4.69) is 31.2 Å². The van der Waals surface area contributed by atoms with Crippen molar-refractivity contribution in [2.75, 3.05) is 0 Å². The van der Waals surface area contributed by atoms with Crippen molar-refractivity contribution in [3.8, 4) is 0 Å². The molecule has 0 bridgehead atoms. The molecule has 0 aliphatic carbocycles. The second-order valence-electron chi connectivity index (χ2n) is 3.03. The molecule has 4 nitrogen and oxygen atoms in total. The lowest BCUT2D eigenvalue weighted by atomic mass is 10.3.